The molecule has 2 nitrogen and oxygen atoms in total. The lowest BCUT2D eigenvalue weighted by Gasteiger charge is -2.03. The van der Waals surface area contributed by atoms with E-state index in [1.54, 1.807) is 13.3 Å². The Labute approximate surface area is 50.6 Å². The largest absolute Gasteiger partial charge is 0.374 e. The van der Waals surface area contributed by atoms with Crippen LogP contribution in [0.2, 0.25) is 0 Å². The van der Waals surface area contributed by atoms with Gasteiger partial charge in [-0.2, -0.15) is 0 Å². The van der Waals surface area contributed by atoms with Gasteiger partial charge in [-0.15, -0.1) is 0 Å². The van der Waals surface area contributed by atoms with E-state index in [1.807, 2.05) is 0 Å². The summed E-state index contributed by atoms with van der Waals surface area (Å²) in [5.74, 6) is 0. The van der Waals surface area contributed by atoms with Crippen LogP contribution in [0.15, 0.2) is 0 Å². The summed E-state index contributed by atoms with van der Waals surface area (Å²) in [6.07, 6.45) is 0.358. The third-order valence-electron chi connectivity index (χ3n) is 0.547. The summed E-state index contributed by atoms with van der Waals surface area (Å²) in [6, 6.07) is 0. The summed E-state index contributed by atoms with van der Waals surface area (Å²) >= 11 is 0. The minimum atomic E-state index is -1.94. The van der Waals surface area contributed by atoms with E-state index in [4.69, 9.17) is 4.74 Å². The van der Waals surface area contributed by atoms with Gasteiger partial charge in [-0.05, 0) is 20.3 Å². The van der Waals surface area contributed by atoms with Gasteiger partial charge < -0.3 is 9.30 Å². The van der Waals surface area contributed by atoms with Crippen molar-refractivity contribution in [1.29, 1.82) is 0 Å². The van der Waals surface area contributed by atoms with Gasteiger partial charge in [0.2, 0.25) is 0 Å². The molecule has 0 amide bonds. The highest BCUT2D eigenvalue weighted by molar-refractivity contribution is 7.62. The summed E-state index contributed by atoms with van der Waals surface area (Å²) in [7, 11) is -1.94. The van der Waals surface area contributed by atoms with Gasteiger partial charge in [-0.1, -0.05) is 0 Å². The van der Waals surface area contributed by atoms with Crippen molar-refractivity contribution in [2.45, 2.75) is 0 Å². The van der Waals surface area contributed by atoms with Crippen LogP contribution in [0.1, 0.15) is 0 Å². The molecule has 0 aromatic carbocycles. The van der Waals surface area contributed by atoms with Crippen LogP contribution in [0.3, 0.4) is 0 Å². The Kier molecular flexibility index (Phi) is 3.34. The fraction of sp³-hybridized carbons (Fsp3) is 0.800. The number of hydrogen-bond donors (Lipinski definition) is 0. The van der Waals surface area contributed by atoms with E-state index in [0.717, 1.165) is 0 Å². The second-order valence-corrected chi connectivity index (χ2v) is 5.52. The summed E-state index contributed by atoms with van der Waals surface area (Å²) in [6.45, 7) is 7.25. The smallest absolute Gasteiger partial charge is 0.106 e. The normalized spacial score (nSPS) is 11.9. The Hall–Kier alpha value is 0.190. The van der Waals surface area contributed by atoms with Gasteiger partial charge in [0.25, 0.3) is 0 Å². The van der Waals surface area contributed by atoms with Gasteiger partial charge in [-0.3, -0.25) is 0 Å². The van der Waals surface area contributed by atoms with Crippen LogP contribution >= 0.6 is 7.14 Å². The average molecular weight is 135 g/mol. The van der Waals surface area contributed by atoms with E-state index in [1.165, 1.54) is 0 Å². The predicted molar refractivity (Wildman–Crippen MR) is 35.6 cm³/mol. The van der Waals surface area contributed by atoms with E-state index in [-0.39, 0.29) is 0 Å². The second kappa shape index (κ2) is 3.26. The van der Waals surface area contributed by atoms with Crippen molar-refractivity contribution in [3.05, 3.63) is 6.92 Å². The van der Waals surface area contributed by atoms with E-state index in [0.29, 0.717) is 13.0 Å². The summed E-state index contributed by atoms with van der Waals surface area (Å²) < 4.78 is 15.6. The van der Waals surface area contributed by atoms with Crippen molar-refractivity contribution < 1.29 is 9.30 Å². The molecular weight excluding hydrogens is 123 g/mol. The van der Waals surface area contributed by atoms with Gasteiger partial charge in [-0.25, -0.2) is 0 Å². The zero-order valence-corrected chi connectivity index (χ0v) is 6.28. The first-order valence-electron chi connectivity index (χ1n) is 2.47. The van der Waals surface area contributed by atoms with Crippen LogP contribution in [-0.4, -0.2) is 26.3 Å². The molecule has 0 fully saturated rings. The maximum absolute atomic E-state index is 10.8. The van der Waals surface area contributed by atoms with Crippen molar-refractivity contribution in [3.63, 3.8) is 0 Å². The molecule has 0 aliphatic heterocycles. The van der Waals surface area contributed by atoms with Crippen LogP contribution in [0, 0.1) is 6.92 Å². The molecule has 0 aromatic heterocycles. The van der Waals surface area contributed by atoms with E-state index in [2.05, 4.69) is 6.92 Å². The fourth-order valence-electron chi connectivity index (χ4n) is 0.284. The first-order chi connectivity index (χ1) is 3.56. The van der Waals surface area contributed by atoms with Crippen molar-refractivity contribution in [2.24, 2.45) is 0 Å². The Morgan fingerprint density at radius 2 is 2.12 bits per heavy atom. The Morgan fingerprint density at radius 1 is 1.62 bits per heavy atom. The van der Waals surface area contributed by atoms with Gasteiger partial charge in [0.15, 0.2) is 0 Å². The molecule has 0 spiro atoms. The molecule has 0 aromatic rings. The first kappa shape index (κ1) is 8.19. The molecule has 1 radical (unpaired) electrons. The molecule has 0 aliphatic carbocycles. The summed E-state index contributed by atoms with van der Waals surface area (Å²) in [5, 5.41) is 0. The van der Waals surface area contributed by atoms with Crippen LogP contribution in [0.5, 0.6) is 0 Å². The van der Waals surface area contributed by atoms with Crippen LogP contribution < -0.4 is 0 Å². The predicted octanol–water partition coefficient (Wildman–Crippen LogP) is 1.42. The maximum Gasteiger partial charge on any atom is 0.106 e. The van der Waals surface area contributed by atoms with Gasteiger partial charge in [0, 0.05) is 6.61 Å². The first-order valence-corrected chi connectivity index (χ1v) is 5.26. The quantitative estimate of drug-likeness (QED) is 0.547. The zero-order chi connectivity index (χ0) is 6.62. The molecule has 0 saturated heterocycles. The standard InChI is InChI=1S/C5H12O2P/c1-4-7-5-8(2,3)6/h1,4-5H2,2-3H3. The van der Waals surface area contributed by atoms with Crippen LogP contribution in [0.25, 0.3) is 0 Å². The van der Waals surface area contributed by atoms with Gasteiger partial charge in [0.05, 0.1) is 6.35 Å². The van der Waals surface area contributed by atoms with E-state index in [9.17, 15) is 4.57 Å². The molecule has 49 valence electrons. The topological polar surface area (TPSA) is 26.3 Å². The highest BCUT2D eigenvalue weighted by Crippen LogP contribution is 2.34. The highest BCUT2D eigenvalue weighted by atomic mass is 31.2. The monoisotopic (exact) mass is 135 g/mol. The molecule has 0 bridgehead atoms. The summed E-state index contributed by atoms with van der Waals surface area (Å²) in [4.78, 5) is 0. The minimum Gasteiger partial charge on any atom is -0.374 e. The molecule has 0 unspecified atom stereocenters. The Balaban J connectivity index is 3.26. The highest BCUT2D eigenvalue weighted by Gasteiger charge is 2.04. The average Bonchev–Trinajstić information content (AvgIpc) is 1.59. The molecule has 0 aliphatic rings. The van der Waals surface area contributed by atoms with Crippen molar-refractivity contribution in [3.8, 4) is 0 Å². The molecule has 0 saturated carbocycles. The number of hydrogen-bond acceptors (Lipinski definition) is 2. The molecule has 3 heteroatoms. The van der Waals surface area contributed by atoms with Crippen LogP contribution in [-0.2, 0) is 9.30 Å². The minimum absolute atomic E-state index is 0.358. The summed E-state index contributed by atoms with van der Waals surface area (Å²) in [5.41, 5.74) is 0. The van der Waals surface area contributed by atoms with Crippen molar-refractivity contribution in [1.82, 2.24) is 0 Å². The molecule has 0 rings (SSSR count). The SMILES string of the molecule is [CH2]COCP(C)(C)=O. The maximum atomic E-state index is 10.8. The van der Waals surface area contributed by atoms with Gasteiger partial charge >= 0.3 is 0 Å². The van der Waals surface area contributed by atoms with E-state index < -0.39 is 7.14 Å². The number of rotatable bonds is 3. The lowest BCUT2D eigenvalue weighted by atomic mass is 10.9. The van der Waals surface area contributed by atoms with Crippen molar-refractivity contribution in [2.75, 3.05) is 26.3 Å². The van der Waals surface area contributed by atoms with Crippen molar-refractivity contribution >= 4 is 7.14 Å². The Morgan fingerprint density at radius 3 is 2.25 bits per heavy atom. The third-order valence-corrected chi connectivity index (χ3v) is 1.35. The number of ether oxygens (including phenoxy) is 1. The lowest BCUT2D eigenvalue weighted by molar-refractivity contribution is 0.207. The molecule has 0 atom stereocenters. The molecular formula is C5H12O2P. The van der Waals surface area contributed by atoms with E-state index >= 15 is 0 Å². The molecule has 8 heavy (non-hydrogen) atoms. The fourth-order valence-corrected chi connectivity index (χ4v) is 0.853. The molecule has 0 N–H and O–H groups in total. The second-order valence-electron chi connectivity index (χ2n) is 2.11. The molecule has 0 heterocycles. The van der Waals surface area contributed by atoms with Crippen LogP contribution in [0.4, 0.5) is 0 Å². The lowest BCUT2D eigenvalue weighted by Crippen LogP contribution is -1.92. The Bertz CT molecular complexity index is 94.6. The van der Waals surface area contributed by atoms with Gasteiger partial charge in [0.1, 0.15) is 7.14 Å². The third kappa shape index (κ3) is 6.19. The zero-order valence-electron chi connectivity index (χ0n) is 5.39.